The van der Waals surface area contributed by atoms with E-state index in [-0.39, 0.29) is 5.02 Å². The normalized spacial score (nSPS) is 10.5. The summed E-state index contributed by atoms with van der Waals surface area (Å²) in [5.41, 5.74) is 6.53. The first-order valence-corrected chi connectivity index (χ1v) is 5.34. The van der Waals surface area contributed by atoms with Gasteiger partial charge in [-0.25, -0.2) is 9.37 Å². The fourth-order valence-corrected chi connectivity index (χ4v) is 1.54. The molecule has 1 heterocycles. The Balaban J connectivity index is 2.11. The van der Waals surface area contributed by atoms with Crippen LogP contribution in [0.3, 0.4) is 0 Å². The molecule has 3 N–H and O–H groups in total. The molecule has 2 aromatic rings. The molecule has 17 heavy (non-hydrogen) atoms. The third-order valence-electron chi connectivity index (χ3n) is 2.19. The summed E-state index contributed by atoms with van der Waals surface area (Å²) in [6.07, 6.45) is 1.61. The van der Waals surface area contributed by atoms with Gasteiger partial charge in [0.05, 0.1) is 29.1 Å². The highest BCUT2D eigenvalue weighted by atomic mass is 35.5. The Kier molecular flexibility index (Phi) is 3.19. The monoisotopic (exact) mass is 255 g/mol. The van der Waals surface area contributed by atoms with Gasteiger partial charge in [0.1, 0.15) is 11.6 Å². The summed E-state index contributed by atoms with van der Waals surface area (Å²) in [7, 11) is 0. The molecule has 90 valence electrons. The third-order valence-corrected chi connectivity index (χ3v) is 2.48. The maximum Gasteiger partial charge on any atom is 0.213 e. The Hall–Kier alpha value is -1.75. The summed E-state index contributed by atoms with van der Waals surface area (Å²) in [5, 5.41) is 2.93. The van der Waals surface area contributed by atoms with Crippen molar-refractivity contribution in [1.29, 1.82) is 0 Å². The molecule has 0 spiro atoms. The van der Waals surface area contributed by atoms with Crippen molar-refractivity contribution >= 4 is 23.0 Å². The maximum atomic E-state index is 13.2. The molecule has 0 aliphatic rings. The number of halogens is 2. The number of hydrogen-bond donors (Lipinski definition) is 2. The average Bonchev–Trinajstić information content (AvgIpc) is 2.68. The SMILES string of the molecule is Cc1cnc(CNc2cc(F)c(Cl)cc2N)o1. The van der Waals surface area contributed by atoms with Crippen LogP contribution < -0.4 is 11.1 Å². The van der Waals surface area contributed by atoms with Crippen LogP contribution in [-0.2, 0) is 6.54 Å². The van der Waals surface area contributed by atoms with E-state index in [1.165, 1.54) is 12.1 Å². The van der Waals surface area contributed by atoms with Crippen molar-refractivity contribution in [2.45, 2.75) is 13.5 Å². The zero-order valence-electron chi connectivity index (χ0n) is 9.13. The molecule has 1 aromatic carbocycles. The first kappa shape index (κ1) is 11.7. The van der Waals surface area contributed by atoms with E-state index in [1.807, 2.05) is 0 Å². The van der Waals surface area contributed by atoms with Crippen molar-refractivity contribution in [3.63, 3.8) is 0 Å². The van der Waals surface area contributed by atoms with Gasteiger partial charge in [-0.1, -0.05) is 11.6 Å². The molecule has 4 nitrogen and oxygen atoms in total. The van der Waals surface area contributed by atoms with Crippen LogP contribution in [-0.4, -0.2) is 4.98 Å². The third kappa shape index (κ3) is 2.68. The minimum Gasteiger partial charge on any atom is -0.444 e. The molecule has 0 saturated heterocycles. The van der Waals surface area contributed by atoms with E-state index >= 15 is 0 Å². The molecule has 0 aliphatic heterocycles. The summed E-state index contributed by atoms with van der Waals surface area (Å²) in [4.78, 5) is 4.01. The molecule has 0 saturated carbocycles. The van der Waals surface area contributed by atoms with Crippen molar-refractivity contribution in [3.8, 4) is 0 Å². The van der Waals surface area contributed by atoms with Gasteiger partial charge < -0.3 is 15.5 Å². The summed E-state index contributed by atoms with van der Waals surface area (Å²) in [6, 6.07) is 2.60. The van der Waals surface area contributed by atoms with Gasteiger partial charge >= 0.3 is 0 Å². The van der Waals surface area contributed by atoms with E-state index in [0.717, 1.165) is 5.76 Å². The molecule has 1 aromatic heterocycles. The number of benzene rings is 1. The Morgan fingerprint density at radius 1 is 1.53 bits per heavy atom. The molecule has 2 rings (SSSR count). The first-order valence-electron chi connectivity index (χ1n) is 4.96. The van der Waals surface area contributed by atoms with Crippen LogP contribution in [0.1, 0.15) is 11.7 Å². The number of aryl methyl sites for hydroxylation is 1. The number of nitrogens with two attached hydrogens (primary N) is 1. The van der Waals surface area contributed by atoms with Crippen LogP contribution >= 0.6 is 11.6 Å². The minimum atomic E-state index is -0.521. The van der Waals surface area contributed by atoms with Crippen LogP contribution in [0.4, 0.5) is 15.8 Å². The molecule has 0 aliphatic carbocycles. The highest BCUT2D eigenvalue weighted by Gasteiger charge is 2.07. The minimum absolute atomic E-state index is 0.0000167. The Morgan fingerprint density at radius 3 is 2.94 bits per heavy atom. The van der Waals surface area contributed by atoms with Gasteiger partial charge in [0.15, 0.2) is 0 Å². The zero-order chi connectivity index (χ0) is 12.4. The summed E-state index contributed by atoms with van der Waals surface area (Å²) < 4.78 is 18.5. The number of oxazole rings is 1. The second kappa shape index (κ2) is 4.63. The number of hydrogen-bond acceptors (Lipinski definition) is 4. The van der Waals surface area contributed by atoms with Crippen LogP contribution in [0.2, 0.25) is 5.02 Å². The van der Waals surface area contributed by atoms with E-state index in [2.05, 4.69) is 10.3 Å². The van der Waals surface area contributed by atoms with E-state index in [1.54, 1.807) is 13.1 Å². The van der Waals surface area contributed by atoms with Gasteiger partial charge in [0.25, 0.3) is 0 Å². The second-order valence-electron chi connectivity index (χ2n) is 3.57. The summed E-state index contributed by atoms with van der Waals surface area (Å²) in [5.74, 6) is 0.710. The van der Waals surface area contributed by atoms with Gasteiger partial charge in [-0.2, -0.15) is 0 Å². The summed E-state index contributed by atoms with van der Waals surface area (Å²) in [6.45, 7) is 2.13. The Labute approximate surface area is 103 Å². The zero-order valence-corrected chi connectivity index (χ0v) is 9.88. The van der Waals surface area contributed by atoms with Crippen molar-refractivity contribution in [2.24, 2.45) is 0 Å². The largest absolute Gasteiger partial charge is 0.444 e. The molecule has 0 atom stereocenters. The fourth-order valence-electron chi connectivity index (χ4n) is 1.37. The lowest BCUT2D eigenvalue weighted by Crippen LogP contribution is -2.03. The van der Waals surface area contributed by atoms with Crippen LogP contribution in [0.5, 0.6) is 0 Å². The molecule has 0 fully saturated rings. The van der Waals surface area contributed by atoms with Crippen molar-refractivity contribution in [1.82, 2.24) is 4.98 Å². The van der Waals surface area contributed by atoms with Crippen molar-refractivity contribution in [3.05, 3.63) is 40.8 Å². The number of nitrogens with one attached hydrogen (secondary N) is 1. The van der Waals surface area contributed by atoms with Gasteiger partial charge in [0, 0.05) is 6.07 Å². The number of nitrogens with zero attached hydrogens (tertiary/aromatic N) is 1. The van der Waals surface area contributed by atoms with E-state index in [0.29, 0.717) is 23.8 Å². The van der Waals surface area contributed by atoms with Crippen LogP contribution in [0.25, 0.3) is 0 Å². The Bertz CT molecular complexity index is 542. The number of aromatic nitrogens is 1. The topological polar surface area (TPSA) is 64.1 Å². The predicted octanol–water partition coefficient (Wildman–Crippen LogP) is 2.97. The second-order valence-corrected chi connectivity index (χ2v) is 3.98. The fraction of sp³-hybridized carbons (Fsp3) is 0.182. The number of nitrogen functional groups attached to an aromatic ring is 1. The van der Waals surface area contributed by atoms with Gasteiger partial charge in [-0.3, -0.25) is 0 Å². The standard InChI is InChI=1S/C11H11ClFN3O/c1-6-4-16-11(17-6)5-15-10-3-8(13)7(12)2-9(10)14/h2-4,15H,5,14H2,1H3. The quantitative estimate of drug-likeness (QED) is 0.828. The van der Waals surface area contributed by atoms with Gasteiger partial charge in [0.2, 0.25) is 5.89 Å². The lowest BCUT2D eigenvalue weighted by Gasteiger charge is -2.08. The highest BCUT2D eigenvalue weighted by Crippen LogP contribution is 2.26. The number of rotatable bonds is 3. The number of anilines is 2. The highest BCUT2D eigenvalue weighted by molar-refractivity contribution is 6.31. The van der Waals surface area contributed by atoms with Gasteiger partial charge in [-0.05, 0) is 13.0 Å². The van der Waals surface area contributed by atoms with E-state index in [9.17, 15) is 4.39 Å². The maximum absolute atomic E-state index is 13.2. The molecular formula is C11H11ClFN3O. The van der Waals surface area contributed by atoms with E-state index < -0.39 is 5.82 Å². The summed E-state index contributed by atoms with van der Waals surface area (Å²) >= 11 is 5.59. The molecule has 6 heteroatoms. The molecule has 0 radical (unpaired) electrons. The Morgan fingerprint density at radius 2 is 2.29 bits per heavy atom. The predicted molar refractivity (Wildman–Crippen MR) is 64.4 cm³/mol. The van der Waals surface area contributed by atoms with E-state index in [4.69, 9.17) is 21.8 Å². The first-order chi connectivity index (χ1) is 8.06. The average molecular weight is 256 g/mol. The van der Waals surface area contributed by atoms with Crippen molar-refractivity contribution in [2.75, 3.05) is 11.1 Å². The molecular weight excluding hydrogens is 245 g/mol. The van der Waals surface area contributed by atoms with Crippen LogP contribution in [0, 0.1) is 12.7 Å². The molecule has 0 bridgehead atoms. The van der Waals surface area contributed by atoms with Gasteiger partial charge in [-0.15, -0.1) is 0 Å². The lowest BCUT2D eigenvalue weighted by atomic mass is 10.2. The van der Waals surface area contributed by atoms with Crippen LogP contribution in [0.15, 0.2) is 22.7 Å². The lowest BCUT2D eigenvalue weighted by molar-refractivity contribution is 0.479. The van der Waals surface area contributed by atoms with Crippen molar-refractivity contribution < 1.29 is 8.81 Å². The molecule has 0 amide bonds. The smallest absolute Gasteiger partial charge is 0.213 e. The molecule has 0 unspecified atom stereocenters.